The third-order valence-corrected chi connectivity index (χ3v) is 7.78. The number of aliphatic hydroxyl groups is 5. The first-order chi connectivity index (χ1) is 19.1. The smallest absolute Gasteiger partial charge is 0.394 e. The van der Waals surface area contributed by atoms with Crippen LogP contribution in [0.2, 0.25) is 0 Å². The molecule has 238 valence electrons. The van der Waals surface area contributed by atoms with Gasteiger partial charge in [-0.2, -0.15) is 8.42 Å². The Morgan fingerprint density at radius 2 is 1.45 bits per heavy atom. The van der Waals surface area contributed by atoms with Crippen LogP contribution in [0.3, 0.4) is 0 Å². The Bertz CT molecular complexity index is 768. The van der Waals surface area contributed by atoms with Crippen molar-refractivity contribution < 1.29 is 61.6 Å². The van der Waals surface area contributed by atoms with Crippen LogP contribution in [-0.2, 0) is 33.5 Å². The summed E-state index contributed by atoms with van der Waals surface area (Å²) >= 11 is 0. The summed E-state index contributed by atoms with van der Waals surface area (Å²) in [5.41, 5.74) is 0. The van der Waals surface area contributed by atoms with Crippen LogP contribution in [0.25, 0.3) is 0 Å². The van der Waals surface area contributed by atoms with E-state index in [-0.39, 0.29) is 13.2 Å². The molecule has 13 nitrogen and oxygen atoms in total. The zero-order valence-electron chi connectivity index (χ0n) is 23.5. The standard InChI is InChI=1S/C26H50O13S/c1-2-3-4-5-6-7-8-9-10-11-12-13-14-35-16-18(28)23-24(19(29)17-36-23)38-26-22(31)21(30)25(20(15-27)37-26)39-40(32,33)34/h18-31H,2-17H2,1H3,(H,32,33,34)/t18-,19+,20-,21-,22-,23+,24-,25+,26+/m1/s1. The molecule has 0 aliphatic carbocycles. The number of unbranched alkanes of at least 4 members (excludes halogenated alkanes) is 11. The van der Waals surface area contributed by atoms with Crippen molar-refractivity contribution in [3.05, 3.63) is 0 Å². The number of hydrogen-bond acceptors (Lipinski definition) is 12. The molecule has 0 radical (unpaired) electrons. The van der Waals surface area contributed by atoms with Gasteiger partial charge >= 0.3 is 10.4 Å². The van der Waals surface area contributed by atoms with E-state index in [1.807, 2.05) is 0 Å². The summed E-state index contributed by atoms with van der Waals surface area (Å²) < 4.78 is 57.4. The van der Waals surface area contributed by atoms with Crippen molar-refractivity contribution in [2.24, 2.45) is 0 Å². The Morgan fingerprint density at radius 3 is 2.00 bits per heavy atom. The number of aliphatic hydroxyl groups excluding tert-OH is 5. The number of ether oxygens (including phenoxy) is 4. The van der Waals surface area contributed by atoms with Crippen molar-refractivity contribution in [1.29, 1.82) is 0 Å². The lowest BCUT2D eigenvalue weighted by Crippen LogP contribution is -2.61. The fourth-order valence-electron chi connectivity index (χ4n) is 5.04. The van der Waals surface area contributed by atoms with Gasteiger partial charge in [-0.05, 0) is 6.42 Å². The lowest BCUT2D eigenvalue weighted by atomic mass is 9.99. The second-order valence-corrected chi connectivity index (χ2v) is 11.7. The lowest BCUT2D eigenvalue weighted by molar-refractivity contribution is -0.316. The first-order valence-electron chi connectivity index (χ1n) is 14.6. The van der Waals surface area contributed by atoms with E-state index in [1.54, 1.807) is 0 Å². The van der Waals surface area contributed by atoms with Gasteiger partial charge in [-0.15, -0.1) is 0 Å². The molecule has 2 heterocycles. The second-order valence-electron chi connectivity index (χ2n) is 10.7. The summed E-state index contributed by atoms with van der Waals surface area (Å²) in [6, 6.07) is 0. The highest BCUT2D eigenvalue weighted by atomic mass is 32.3. The minimum absolute atomic E-state index is 0.0739. The van der Waals surface area contributed by atoms with E-state index >= 15 is 0 Å². The first kappa shape index (κ1) is 35.7. The van der Waals surface area contributed by atoms with Gasteiger partial charge in [0, 0.05) is 6.61 Å². The summed E-state index contributed by atoms with van der Waals surface area (Å²) in [6.45, 7) is 1.60. The van der Waals surface area contributed by atoms with Crippen molar-refractivity contribution in [3.63, 3.8) is 0 Å². The van der Waals surface area contributed by atoms with E-state index < -0.39 is 72.1 Å². The van der Waals surface area contributed by atoms with E-state index in [2.05, 4.69) is 11.1 Å². The van der Waals surface area contributed by atoms with Crippen LogP contribution in [0.5, 0.6) is 0 Å². The molecule has 2 saturated heterocycles. The van der Waals surface area contributed by atoms with Gasteiger partial charge in [0.05, 0.1) is 19.8 Å². The molecule has 0 aromatic rings. The predicted octanol–water partition coefficient (Wildman–Crippen LogP) is 0.837. The Kier molecular flexibility index (Phi) is 16.9. The monoisotopic (exact) mass is 602 g/mol. The van der Waals surface area contributed by atoms with Gasteiger partial charge < -0.3 is 44.5 Å². The first-order valence-corrected chi connectivity index (χ1v) is 15.9. The largest absolute Gasteiger partial charge is 0.397 e. The fraction of sp³-hybridized carbons (Fsp3) is 1.00. The molecule has 0 aromatic heterocycles. The molecule has 9 atom stereocenters. The van der Waals surface area contributed by atoms with E-state index in [0.29, 0.717) is 6.61 Å². The summed E-state index contributed by atoms with van der Waals surface area (Å²) in [5.74, 6) is 0. The Balaban J connectivity index is 1.68. The van der Waals surface area contributed by atoms with Gasteiger partial charge in [0.2, 0.25) is 0 Å². The fourth-order valence-corrected chi connectivity index (χ4v) is 5.56. The maximum absolute atomic E-state index is 11.1. The van der Waals surface area contributed by atoms with Crippen LogP contribution in [0.4, 0.5) is 0 Å². The zero-order valence-corrected chi connectivity index (χ0v) is 24.3. The molecule has 40 heavy (non-hydrogen) atoms. The average molecular weight is 603 g/mol. The van der Waals surface area contributed by atoms with Crippen molar-refractivity contribution in [3.8, 4) is 0 Å². The molecule has 2 rings (SSSR count). The summed E-state index contributed by atoms with van der Waals surface area (Å²) in [6.07, 6.45) is 1.35. The minimum atomic E-state index is -5.03. The summed E-state index contributed by atoms with van der Waals surface area (Å²) in [7, 11) is -5.03. The van der Waals surface area contributed by atoms with Gasteiger partial charge in [0.15, 0.2) is 6.29 Å². The van der Waals surface area contributed by atoms with Crippen LogP contribution in [-0.4, -0.2) is 120 Å². The highest BCUT2D eigenvalue weighted by molar-refractivity contribution is 7.80. The van der Waals surface area contributed by atoms with Gasteiger partial charge in [0.1, 0.15) is 48.8 Å². The number of hydrogen-bond donors (Lipinski definition) is 6. The molecule has 0 aromatic carbocycles. The number of rotatable bonds is 21. The highest BCUT2D eigenvalue weighted by Gasteiger charge is 2.51. The Hall–Kier alpha value is -0.490. The lowest BCUT2D eigenvalue weighted by Gasteiger charge is -2.42. The van der Waals surface area contributed by atoms with Crippen LogP contribution < -0.4 is 0 Å². The third-order valence-electron chi connectivity index (χ3n) is 7.32. The topological polar surface area (TPSA) is 202 Å². The summed E-state index contributed by atoms with van der Waals surface area (Å²) in [5, 5.41) is 51.1. The van der Waals surface area contributed by atoms with E-state index in [1.165, 1.54) is 57.8 Å². The quantitative estimate of drug-likeness (QED) is 0.0798. The molecule has 2 aliphatic rings. The van der Waals surface area contributed by atoms with Crippen LogP contribution in [0.1, 0.15) is 84.0 Å². The SMILES string of the molecule is CCCCCCCCCCCCCCOC[C@@H](O)[C@@H]1OC[C@H](O)[C@H]1O[C@@H]1O[C@H](CO)[C@H](OS(=O)(=O)O)[C@H](O)[C@H]1O. The molecule has 0 bridgehead atoms. The van der Waals surface area contributed by atoms with Crippen molar-refractivity contribution in [2.45, 2.75) is 139 Å². The Morgan fingerprint density at radius 1 is 0.875 bits per heavy atom. The molecule has 2 aliphatic heterocycles. The summed E-state index contributed by atoms with van der Waals surface area (Å²) in [4.78, 5) is 0. The average Bonchev–Trinajstić information content (AvgIpc) is 3.27. The second kappa shape index (κ2) is 18.9. The van der Waals surface area contributed by atoms with E-state index in [9.17, 15) is 34.0 Å². The molecule has 0 unspecified atom stereocenters. The Labute approximate surface area is 237 Å². The molecule has 6 N–H and O–H groups in total. The minimum Gasteiger partial charge on any atom is -0.394 e. The van der Waals surface area contributed by atoms with E-state index in [0.717, 1.165) is 19.3 Å². The molecule has 2 fully saturated rings. The third kappa shape index (κ3) is 12.4. The van der Waals surface area contributed by atoms with Crippen molar-refractivity contribution >= 4 is 10.4 Å². The highest BCUT2D eigenvalue weighted by Crippen LogP contribution is 2.30. The van der Waals surface area contributed by atoms with Gasteiger partial charge in [-0.3, -0.25) is 4.55 Å². The zero-order chi connectivity index (χ0) is 29.5. The molecule has 14 heteroatoms. The van der Waals surface area contributed by atoms with Gasteiger partial charge in [-0.1, -0.05) is 77.6 Å². The predicted molar refractivity (Wildman–Crippen MR) is 143 cm³/mol. The van der Waals surface area contributed by atoms with E-state index in [4.69, 9.17) is 23.5 Å². The maximum atomic E-state index is 11.1. The van der Waals surface area contributed by atoms with Crippen molar-refractivity contribution in [1.82, 2.24) is 0 Å². The van der Waals surface area contributed by atoms with Gasteiger partial charge in [0.25, 0.3) is 0 Å². The normalized spacial score (nSPS) is 32.0. The molecular weight excluding hydrogens is 552 g/mol. The van der Waals surface area contributed by atoms with Gasteiger partial charge in [-0.25, -0.2) is 4.18 Å². The molecule has 0 spiro atoms. The maximum Gasteiger partial charge on any atom is 0.397 e. The molecule has 0 saturated carbocycles. The van der Waals surface area contributed by atoms with Crippen molar-refractivity contribution in [2.75, 3.05) is 26.4 Å². The molecule has 0 amide bonds. The van der Waals surface area contributed by atoms with Crippen LogP contribution >= 0.6 is 0 Å². The van der Waals surface area contributed by atoms with Crippen LogP contribution in [0, 0.1) is 0 Å². The van der Waals surface area contributed by atoms with Crippen LogP contribution in [0.15, 0.2) is 0 Å². The molecular formula is C26H50O13S.